The normalized spacial score (nSPS) is 14.7. The summed E-state index contributed by atoms with van der Waals surface area (Å²) in [5, 5.41) is 3.14. The van der Waals surface area contributed by atoms with Crippen molar-refractivity contribution in [3.8, 4) is 16.9 Å². The first-order valence-corrected chi connectivity index (χ1v) is 8.72. The van der Waals surface area contributed by atoms with Crippen LogP contribution in [0.4, 0.5) is 11.5 Å². The van der Waals surface area contributed by atoms with Gasteiger partial charge in [-0.15, -0.1) is 0 Å². The summed E-state index contributed by atoms with van der Waals surface area (Å²) in [6.45, 7) is 3.20. The maximum absolute atomic E-state index is 6.07. The number of nitrogens with one attached hydrogen (secondary N) is 1. The van der Waals surface area contributed by atoms with Gasteiger partial charge in [0, 0.05) is 37.5 Å². The van der Waals surface area contributed by atoms with Gasteiger partial charge < -0.3 is 24.1 Å². The van der Waals surface area contributed by atoms with Crippen LogP contribution < -0.4 is 15.0 Å². The predicted molar refractivity (Wildman–Crippen MR) is 101 cm³/mol. The van der Waals surface area contributed by atoms with Gasteiger partial charge in [-0.3, -0.25) is 0 Å². The van der Waals surface area contributed by atoms with Gasteiger partial charge in [0.1, 0.15) is 17.5 Å². The fourth-order valence-electron chi connectivity index (χ4n) is 3.17. The highest BCUT2D eigenvalue weighted by Gasteiger charge is 2.19. The average molecular weight is 375 g/mol. The Labute approximate surface area is 155 Å². The molecule has 4 rings (SSSR count). The number of rotatable bonds is 4. The van der Waals surface area contributed by atoms with Crippen molar-refractivity contribution in [1.29, 1.82) is 0 Å². The highest BCUT2D eigenvalue weighted by molar-refractivity contribution is 6.29. The van der Waals surface area contributed by atoms with E-state index in [2.05, 4.69) is 26.3 Å². The second-order valence-electron chi connectivity index (χ2n) is 5.90. The first-order valence-electron chi connectivity index (χ1n) is 8.35. The molecule has 2 aromatic heterocycles. The van der Waals surface area contributed by atoms with Crippen LogP contribution in [-0.2, 0) is 4.74 Å². The molecule has 0 radical (unpaired) electrons. The van der Waals surface area contributed by atoms with Gasteiger partial charge in [-0.2, -0.15) is 4.98 Å². The quantitative estimate of drug-likeness (QED) is 0.701. The fraction of sp³-hybridized carbons (Fsp3) is 0.333. The average Bonchev–Trinajstić information content (AvgIpc) is 3.11. The van der Waals surface area contributed by atoms with Crippen LogP contribution in [0, 0.1) is 0 Å². The van der Waals surface area contributed by atoms with Crippen molar-refractivity contribution in [2.75, 3.05) is 50.7 Å². The number of morpholine rings is 1. The molecule has 0 amide bonds. The molecular weight excluding hydrogens is 356 g/mol. The standard InChI is InChI=1S/C18H19ClN4O3/c1-20-17-16-15(21-18(19)22-17)13(10-26-16)12-4-3-11(9-14(12)24-2)23-5-7-25-8-6-23/h3-4,9-10H,5-8H2,1-2H3,(H,20,21,22). The zero-order chi connectivity index (χ0) is 18.1. The highest BCUT2D eigenvalue weighted by atomic mass is 35.5. The maximum atomic E-state index is 6.07. The Bertz CT molecular complexity index is 938. The van der Waals surface area contributed by atoms with Crippen molar-refractivity contribution in [3.63, 3.8) is 0 Å². The molecule has 1 fully saturated rings. The van der Waals surface area contributed by atoms with Crippen molar-refractivity contribution >= 4 is 34.2 Å². The van der Waals surface area contributed by atoms with E-state index in [9.17, 15) is 0 Å². The van der Waals surface area contributed by atoms with E-state index in [0.29, 0.717) is 16.9 Å². The summed E-state index contributed by atoms with van der Waals surface area (Å²) in [5.74, 6) is 1.30. The first kappa shape index (κ1) is 16.9. The van der Waals surface area contributed by atoms with Crippen LogP contribution in [0.25, 0.3) is 22.2 Å². The third-order valence-electron chi connectivity index (χ3n) is 4.48. The monoisotopic (exact) mass is 374 g/mol. The molecule has 26 heavy (non-hydrogen) atoms. The summed E-state index contributed by atoms with van der Waals surface area (Å²) in [6.07, 6.45) is 1.66. The molecule has 0 spiro atoms. The van der Waals surface area contributed by atoms with Crippen molar-refractivity contribution in [3.05, 3.63) is 29.7 Å². The fourth-order valence-corrected chi connectivity index (χ4v) is 3.34. The zero-order valence-electron chi connectivity index (χ0n) is 14.6. The molecule has 8 heteroatoms. The van der Waals surface area contributed by atoms with E-state index in [1.165, 1.54) is 0 Å². The number of fused-ring (bicyclic) bond motifs is 1. The van der Waals surface area contributed by atoms with Gasteiger partial charge in [0.25, 0.3) is 0 Å². The van der Waals surface area contributed by atoms with Gasteiger partial charge in [0.2, 0.25) is 5.28 Å². The molecule has 0 bridgehead atoms. The van der Waals surface area contributed by atoms with E-state index in [4.69, 9.17) is 25.5 Å². The Balaban J connectivity index is 1.80. The van der Waals surface area contributed by atoms with Crippen LogP contribution in [0.1, 0.15) is 0 Å². The number of hydrogen-bond acceptors (Lipinski definition) is 7. The topological polar surface area (TPSA) is 72.7 Å². The zero-order valence-corrected chi connectivity index (χ0v) is 15.3. The van der Waals surface area contributed by atoms with Crippen LogP contribution >= 0.6 is 11.6 Å². The lowest BCUT2D eigenvalue weighted by atomic mass is 10.1. The number of nitrogens with zero attached hydrogens (tertiary/aromatic N) is 3. The number of ether oxygens (including phenoxy) is 2. The van der Waals surface area contributed by atoms with Crippen molar-refractivity contribution in [2.45, 2.75) is 0 Å². The van der Waals surface area contributed by atoms with E-state index in [1.807, 2.05) is 12.1 Å². The van der Waals surface area contributed by atoms with Crippen LogP contribution in [0.3, 0.4) is 0 Å². The largest absolute Gasteiger partial charge is 0.496 e. The molecule has 3 aromatic rings. The third kappa shape index (κ3) is 2.93. The van der Waals surface area contributed by atoms with Crippen LogP contribution in [0.2, 0.25) is 5.28 Å². The predicted octanol–water partition coefficient (Wildman–Crippen LogP) is 3.43. The van der Waals surface area contributed by atoms with Crippen LogP contribution in [0.5, 0.6) is 5.75 Å². The molecule has 7 nitrogen and oxygen atoms in total. The molecular formula is C18H19ClN4O3. The van der Waals surface area contributed by atoms with Gasteiger partial charge in [-0.05, 0) is 23.7 Å². The minimum atomic E-state index is 0.161. The Hall–Kier alpha value is -2.51. The molecule has 1 N–H and O–H groups in total. The molecule has 1 saturated heterocycles. The lowest BCUT2D eigenvalue weighted by Gasteiger charge is -2.29. The van der Waals surface area contributed by atoms with Gasteiger partial charge in [-0.25, -0.2) is 4.98 Å². The molecule has 0 saturated carbocycles. The summed E-state index contributed by atoms with van der Waals surface area (Å²) in [4.78, 5) is 10.8. The molecule has 0 atom stereocenters. The number of anilines is 2. The lowest BCUT2D eigenvalue weighted by molar-refractivity contribution is 0.122. The minimum absolute atomic E-state index is 0.161. The van der Waals surface area contributed by atoms with Crippen molar-refractivity contribution in [1.82, 2.24) is 9.97 Å². The SMILES string of the molecule is CNc1nc(Cl)nc2c(-c3ccc(N4CCOCC4)cc3OC)coc12. The van der Waals surface area contributed by atoms with E-state index < -0.39 is 0 Å². The van der Waals surface area contributed by atoms with Crippen molar-refractivity contribution in [2.24, 2.45) is 0 Å². The molecule has 1 aliphatic heterocycles. The van der Waals surface area contributed by atoms with E-state index >= 15 is 0 Å². The van der Waals surface area contributed by atoms with Gasteiger partial charge in [-0.1, -0.05) is 0 Å². The van der Waals surface area contributed by atoms with E-state index in [1.54, 1.807) is 20.4 Å². The molecule has 3 heterocycles. The molecule has 1 aliphatic rings. The van der Waals surface area contributed by atoms with Gasteiger partial charge in [0.05, 0.1) is 25.9 Å². The van der Waals surface area contributed by atoms with Gasteiger partial charge >= 0.3 is 0 Å². The van der Waals surface area contributed by atoms with Crippen LogP contribution in [-0.4, -0.2) is 50.4 Å². The molecule has 0 aliphatic carbocycles. The number of aromatic nitrogens is 2. The summed E-state index contributed by atoms with van der Waals surface area (Å²) in [7, 11) is 3.42. The highest BCUT2D eigenvalue weighted by Crippen LogP contribution is 2.39. The van der Waals surface area contributed by atoms with E-state index in [0.717, 1.165) is 48.9 Å². The lowest BCUT2D eigenvalue weighted by Crippen LogP contribution is -2.36. The third-order valence-corrected chi connectivity index (χ3v) is 4.65. The van der Waals surface area contributed by atoms with Crippen molar-refractivity contribution < 1.29 is 13.9 Å². The first-order chi connectivity index (χ1) is 12.7. The number of halogens is 1. The summed E-state index contributed by atoms with van der Waals surface area (Å²) >= 11 is 6.07. The summed E-state index contributed by atoms with van der Waals surface area (Å²) in [5.41, 5.74) is 4.01. The summed E-state index contributed by atoms with van der Waals surface area (Å²) in [6, 6.07) is 6.12. The Morgan fingerprint density at radius 3 is 2.73 bits per heavy atom. The number of benzene rings is 1. The smallest absolute Gasteiger partial charge is 0.225 e. The Morgan fingerprint density at radius 1 is 1.19 bits per heavy atom. The molecule has 1 aromatic carbocycles. The van der Waals surface area contributed by atoms with Crippen LogP contribution in [0.15, 0.2) is 28.9 Å². The number of hydrogen-bond donors (Lipinski definition) is 1. The van der Waals surface area contributed by atoms with E-state index in [-0.39, 0.29) is 5.28 Å². The Morgan fingerprint density at radius 2 is 2.00 bits per heavy atom. The second-order valence-corrected chi connectivity index (χ2v) is 6.24. The van der Waals surface area contributed by atoms with Gasteiger partial charge in [0.15, 0.2) is 11.4 Å². The Kier molecular flexibility index (Phi) is 4.57. The maximum Gasteiger partial charge on any atom is 0.225 e. The second kappa shape index (κ2) is 7.01. The summed E-state index contributed by atoms with van der Waals surface area (Å²) < 4.78 is 16.8. The number of furan rings is 1. The number of methoxy groups -OCH3 is 1. The molecule has 0 unspecified atom stereocenters. The minimum Gasteiger partial charge on any atom is -0.496 e. The molecule has 136 valence electrons.